The molecule has 0 radical (unpaired) electrons. The van der Waals surface area contributed by atoms with Crippen LogP contribution in [0.3, 0.4) is 0 Å². The van der Waals surface area contributed by atoms with Gasteiger partial charge in [0.1, 0.15) is 0 Å². The summed E-state index contributed by atoms with van der Waals surface area (Å²) in [6.45, 7) is 3.15. The first-order valence-corrected chi connectivity index (χ1v) is 7.59. The van der Waals surface area contributed by atoms with Crippen LogP contribution in [0.2, 0.25) is 0 Å². The first kappa shape index (κ1) is 14.0. The van der Waals surface area contributed by atoms with Gasteiger partial charge < -0.3 is 14.8 Å². The summed E-state index contributed by atoms with van der Waals surface area (Å²) >= 11 is 0. The van der Waals surface area contributed by atoms with Crippen molar-refractivity contribution in [3.63, 3.8) is 0 Å². The third-order valence-electron chi connectivity index (χ3n) is 4.07. The summed E-state index contributed by atoms with van der Waals surface area (Å²) < 4.78 is 10.8. The van der Waals surface area contributed by atoms with Crippen LogP contribution in [-0.2, 0) is 12.8 Å². The second kappa shape index (κ2) is 5.80. The molecule has 0 bridgehead atoms. The highest BCUT2D eigenvalue weighted by Crippen LogP contribution is 2.39. The van der Waals surface area contributed by atoms with Crippen molar-refractivity contribution in [1.29, 1.82) is 0 Å². The normalized spacial score (nSPS) is 13.3. The summed E-state index contributed by atoms with van der Waals surface area (Å²) in [5.74, 6) is 1.49. The fourth-order valence-corrected chi connectivity index (χ4v) is 3.04. The molecule has 0 spiro atoms. The second-order valence-electron chi connectivity index (χ2n) is 5.42. The minimum absolute atomic E-state index is 0.733. The van der Waals surface area contributed by atoms with Gasteiger partial charge in [-0.15, -0.1) is 0 Å². The maximum absolute atomic E-state index is 5.44. The molecule has 1 aliphatic rings. The monoisotopic (exact) mass is 286 g/mol. The summed E-state index contributed by atoms with van der Waals surface area (Å²) in [4.78, 5) is 4.83. The Morgan fingerprint density at radius 2 is 1.90 bits per heavy atom. The van der Waals surface area contributed by atoms with Gasteiger partial charge in [0.2, 0.25) is 0 Å². The molecule has 112 valence electrons. The molecular weight excluding hydrogens is 264 g/mol. The number of benzene rings is 1. The summed E-state index contributed by atoms with van der Waals surface area (Å²) in [5, 5.41) is 4.72. The van der Waals surface area contributed by atoms with Crippen LogP contribution in [0.4, 0.5) is 5.69 Å². The van der Waals surface area contributed by atoms with E-state index >= 15 is 0 Å². The predicted molar refractivity (Wildman–Crippen MR) is 85.7 cm³/mol. The summed E-state index contributed by atoms with van der Waals surface area (Å²) in [5.41, 5.74) is 4.82. The molecule has 2 aromatic rings. The first-order chi connectivity index (χ1) is 10.3. The van der Waals surface area contributed by atoms with Crippen LogP contribution in [-0.4, -0.2) is 25.7 Å². The van der Waals surface area contributed by atoms with Gasteiger partial charge in [0.05, 0.1) is 19.7 Å². The zero-order chi connectivity index (χ0) is 14.8. The molecule has 1 heterocycles. The predicted octanol–water partition coefficient (Wildman–Crippen LogP) is 3.56. The van der Waals surface area contributed by atoms with Gasteiger partial charge >= 0.3 is 0 Å². The maximum Gasteiger partial charge on any atom is 0.162 e. The van der Waals surface area contributed by atoms with Gasteiger partial charge in [-0.2, -0.15) is 0 Å². The number of rotatable bonds is 5. The molecule has 1 aromatic heterocycles. The van der Waals surface area contributed by atoms with Gasteiger partial charge in [-0.25, -0.2) is 0 Å². The van der Waals surface area contributed by atoms with Crippen LogP contribution < -0.4 is 14.8 Å². The van der Waals surface area contributed by atoms with Crippen LogP contribution in [0.25, 0.3) is 10.9 Å². The van der Waals surface area contributed by atoms with Crippen molar-refractivity contribution >= 4 is 16.6 Å². The highest BCUT2D eigenvalue weighted by Gasteiger charge is 2.20. The zero-order valence-corrected chi connectivity index (χ0v) is 13.0. The van der Waals surface area contributed by atoms with Crippen molar-refractivity contribution in [3.05, 3.63) is 23.4 Å². The number of nitrogens with zero attached hydrogens (tertiary/aromatic N) is 1. The van der Waals surface area contributed by atoms with Crippen molar-refractivity contribution in [2.75, 3.05) is 26.1 Å². The van der Waals surface area contributed by atoms with Crippen molar-refractivity contribution in [3.8, 4) is 11.5 Å². The van der Waals surface area contributed by atoms with Crippen LogP contribution in [0, 0.1) is 0 Å². The lowest BCUT2D eigenvalue weighted by molar-refractivity contribution is 0.356. The second-order valence-corrected chi connectivity index (χ2v) is 5.42. The van der Waals surface area contributed by atoms with Crippen molar-refractivity contribution in [2.24, 2.45) is 0 Å². The lowest BCUT2D eigenvalue weighted by Gasteiger charge is -2.16. The molecule has 4 heteroatoms. The van der Waals surface area contributed by atoms with Gasteiger partial charge in [-0.3, -0.25) is 4.98 Å². The fourth-order valence-electron chi connectivity index (χ4n) is 3.04. The van der Waals surface area contributed by atoms with E-state index in [0.29, 0.717) is 0 Å². The molecule has 0 saturated heterocycles. The number of hydrogen-bond donors (Lipinski definition) is 1. The zero-order valence-electron chi connectivity index (χ0n) is 13.0. The van der Waals surface area contributed by atoms with E-state index in [2.05, 4.69) is 12.2 Å². The molecule has 0 saturated carbocycles. The first-order valence-electron chi connectivity index (χ1n) is 7.59. The maximum atomic E-state index is 5.44. The molecule has 4 nitrogen and oxygen atoms in total. The molecule has 1 N–H and O–H groups in total. The Morgan fingerprint density at radius 1 is 1.14 bits per heavy atom. The van der Waals surface area contributed by atoms with Gasteiger partial charge in [-0.05, 0) is 37.3 Å². The Balaban J connectivity index is 2.23. The van der Waals surface area contributed by atoms with Gasteiger partial charge in [-0.1, -0.05) is 6.92 Å². The number of anilines is 1. The smallest absolute Gasteiger partial charge is 0.162 e. The average Bonchev–Trinajstić information content (AvgIpc) is 2.98. The van der Waals surface area contributed by atoms with Crippen molar-refractivity contribution in [1.82, 2.24) is 4.98 Å². The van der Waals surface area contributed by atoms with E-state index in [1.165, 1.54) is 23.4 Å². The molecule has 0 amide bonds. The SMILES string of the molecule is CCCNc1c2c(nc3cc(OC)c(OC)cc13)CCC2. The number of methoxy groups -OCH3 is 2. The van der Waals surface area contributed by atoms with E-state index in [4.69, 9.17) is 14.5 Å². The average molecular weight is 286 g/mol. The quantitative estimate of drug-likeness (QED) is 0.912. The van der Waals surface area contributed by atoms with E-state index in [0.717, 1.165) is 48.2 Å². The summed E-state index contributed by atoms with van der Waals surface area (Å²) in [6.07, 6.45) is 4.47. The largest absolute Gasteiger partial charge is 0.493 e. The van der Waals surface area contributed by atoms with E-state index in [1.54, 1.807) is 14.2 Å². The molecular formula is C17H22N2O2. The molecule has 3 rings (SSSR count). The van der Waals surface area contributed by atoms with Crippen LogP contribution >= 0.6 is 0 Å². The molecule has 0 aliphatic heterocycles. The fraction of sp³-hybridized carbons (Fsp3) is 0.471. The Hall–Kier alpha value is -1.97. The van der Waals surface area contributed by atoms with E-state index in [9.17, 15) is 0 Å². The van der Waals surface area contributed by atoms with Gasteiger partial charge in [0, 0.05) is 29.4 Å². The number of pyridine rings is 1. The minimum atomic E-state index is 0.733. The van der Waals surface area contributed by atoms with Crippen LogP contribution in [0.15, 0.2) is 12.1 Å². The Bertz CT molecular complexity index is 668. The number of aryl methyl sites for hydroxylation is 1. The van der Waals surface area contributed by atoms with E-state index in [-0.39, 0.29) is 0 Å². The topological polar surface area (TPSA) is 43.4 Å². The number of hydrogen-bond acceptors (Lipinski definition) is 4. The molecule has 21 heavy (non-hydrogen) atoms. The van der Waals surface area contributed by atoms with Crippen molar-refractivity contribution < 1.29 is 9.47 Å². The standard InChI is InChI=1S/C17H22N2O2/c1-4-8-18-17-11-6-5-7-13(11)19-14-10-16(21-3)15(20-2)9-12(14)17/h9-10H,4-8H2,1-3H3,(H,18,19). The van der Waals surface area contributed by atoms with Crippen LogP contribution in [0.1, 0.15) is 31.0 Å². The summed E-state index contributed by atoms with van der Waals surface area (Å²) in [6, 6.07) is 4.02. The molecule has 0 unspecified atom stereocenters. The number of aromatic nitrogens is 1. The number of nitrogens with one attached hydrogen (secondary N) is 1. The van der Waals surface area contributed by atoms with Crippen molar-refractivity contribution in [2.45, 2.75) is 32.6 Å². The Labute approximate surface area is 125 Å². The molecule has 1 aliphatic carbocycles. The third-order valence-corrected chi connectivity index (χ3v) is 4.07. The molecule has 0 fully saturated rings. The van der Waals surface area contributed by atoms with Gasteiger partial charge in [0.15, 0.2) is 11.5 Å². The molecule has 0 atom stereocenters. The number of ether oxygens (including phenoxy) is 2. The van der Waals surface area contributed by atoms with Gasteiger partial charge in [0.25, 0.3) is 0 Å². The molecule has 1 aromatic carbocycles. The Kier molecular flexibility index (Phi) is 3.86. The third kappa shape index (κ3) is 2.39. The highest BCUT2D eigenvalue weighted by molar-refractivity contribution is 5.96. The van der Waals surface area contributed by atoms with E-state index in [1.807, 2.05) is 12.1 Å². The van der Waals surface area contributed by atoms with Crippen LogP contribution in [0.5, 0.6) is 11.5 Å². The highest BCUT2D eigenvalue weighted by atomic mass is 16.5. The Morgan fingerprint density at radius 3 is 2.62 bits per heavy atom. The lowest BCUT2D eigenvalue weighted by Crippen LogP contribution is -2.05. The lowest BCUT2D eigenvalue weighted by atomic mass is 10.1. The summed E-state index contributed by atoms with van der Waals surface area (Å²) in [7, 11) is 3.33. The minimum Gasteiger partial charge on any atom is -0.493 e. The van der Waals surface area contributed by atoms with E-state index < -0.39 is 0 Å². The number of fused-ring (bicyclic) bond motifs is 2.